The van der Waals surface area contributed by atoms with Crippen molar-refractivity contribution in [2.45, 2.75) is 45.1 Å². The van der Waals surface area contributed by atoms with Crippen molar-refractivity contribution < 1.29 is 14.7 Å². The van der Waals surface area contributed by atoms with Gasteiger partial charge in [-0.05, 0) is 38.5 Å². The zero-order chi connectivity index (χ0) is 15.2. The number of piperazine rings is 1. The van der Waals surface area contributed by atoms with Crippen LogP contribution in [-0.4, -0.2) is 65.7 Å². The van der Waals surface area contributed by atoms with Crippen molar-refractivity contribution in [2.75, 3.05) is 32.7 Å². The molecule has 1 aliphatic heterocycles. The molecule has 21 heavy (non-hydrogen) atoms. The topological polar surface area (TPSA) is 72.9 Å². The smallest absolute Gasteiger partial charge is 0.317 e. The summed E-state index contributed by atoms with van der Waals surface area (Å²) in [5, 5.41) is 11.6. The Kier molecular flexibility index (Phi) is 5.85. The van der Waals surface area contributed by atoms with Crippen LogP contribution in [0, 0.1) is 5.92 Å². The van der Waals surface area contributed by atoms with Crippen LogP contribution in [0.1, 0.15) is 39.0 Å². The van der Waals surface area contributed by atoms with Gasteiger partial charge in [-0.3, -0.25) is 9.69 Å². The molecule has 0 radical (unpaired) electrons. The van der Waals surface area contributed by atoms with Crippen LogP contribution in [0.15, 0.2) is 0 Å². The summed E-state index contributed by atoms with van der Waals surface area (Å²) < 4.78 is 0. The summed E-state index contributed by atoms with van der Waals surface area (Å²) in [7, 11) is 0. The lowest BCUT2D eigenvalue weighted by atomic mass is 10.1. The van der Waals surface area contributed by atoms with Crippen LogP contribution in [0.4, 0.5) is 4.79 Å². The highest BCUT2D eigenvalue weighted by atomic mass is 16.4. The number of aliphatic carboxylic acids is 1. The monoisotopic (exact) mass is 297 g/mol. The van der Waals surface area contributed by atoms with Gasteiger partial charge in [-0.25, -0.2) is 4.79 Å². The van der Waals surface area contributed by atoms with Gasteiger partial charge >= 0.3 is 12.0 Å². The molecule has 1 heterocycles. The molecule has 0 aromatic carbocycles. The highest BCUT2D eigenvalue weighted by Crippen LogP contribution is 2.29. The van der Waals surface area contributed by atoms with E-state index in [0.717, 1.165) is 32.1 Å². The maximum Gasteiger partial charge on any atom is 0.317 e. The number of carbonyl (C=O) groups excluding carboxylic acids is 1. The normalized spacial score (nSPS) is 21.1. The Balaban J connectivity index is 1.60. The van der Waals surface area contributed by atoms with Gasteiger partial charge < -0.3 is 15.3 Å². The molecule has 2 rings (SSSR count). The second-order valence-corrected chi connectivity index (χ2v) is 6.37. The molecule has 2 aliphatic rings. The molecule has 1 saturated carbocycles. The third kappa shape index (κ3) is 5.91. The maximum atomic E-state index is 12.1. The molecule has 1 unspecified atom stereocenters. The Labute approximate surface area is 126 Å². The van der Waals surface area contributed by atoms with Crippen LogP contribution < -0.4 is 5.32 Å². The van der Waals surface area contributed by atoms with Gasteiger partial charge in [0.05, 0.1) is 0 Å². The summed E-state index contributed by atoms with van der Waals surface area (Å²) in [5.41, 5.74) is 0. The Bertz CT molecular complexity index is 363. The van der Waals surface area contributed by atoms with Crippen molar-refractivity contribution in [1.82, 2.24) is 15.1 Å². The largest absolute Gasteiger partial charge is 0.481 e. The van der Waals surface area contributed by atoms with Gasteiger partial charge in [0.1, 0.15) is 0 Å². The van der Waals surface area contributed by atoms with Gasteiger partial charge in [0.15, 0.2) is 0 Å². The lowest BCUT2D eigenvalue weighted by molar-refractivity contribution is -0.137. The number of carboxylic acids is 1. The molecule has 0 aromatic heterocycles. The van der Waals surface area contributed by atoms with Gasteiger partial charge in [-0.1, -0.05) is 0 Å². The average molecular weight is 297 g/mol. The number of rotatable bonds is 7. The number of carboxylic acid groups (broad SMARTS) is 1. The summed E-state index contributed by atoms with van der Waals surface area (Å²) in [4.78, 5) is 26.9. The van der Waals surface area contributed by atoms with E-state index in [1.807, 2.05) is 11.8 Å². The predicted molar refractivity (Wildman–Crippen MR) is 80.2 cm³/mol. The fraction of sp³-hybridized carbons (Fsp3) is 0.867. The number of nitrogens with zero attached hydrogens (tertiary/aromatic N) is 2. The quantitative estimate of drug-likeness (QED) is 0.744. The third-order valence-electron chi connectivity index (χ3n) is 4.27. The summed E-state index contributed by atoms with van der Waals surface area (Å²) in [5.74, 6) is 0.125. The molecular formula is C15H27N3O3. The number of amides is 2. The Morgan fingerprint density at radius 3 is 2.48 bits per heavy atom. The van der Waals surface area contributed by atoms with Crippen molar-refractivity contribution in [2.24, 2.45) is 5.92 Å². The number of hydrogen-bond acceptors (Lipinski definition) is 3. The minimum Gasteiger partial charge on any atom is -0.481 e. The molecule has 1 aliphatic carbocycles. The molecule has 120 valence electrons. The van der Waals surface area contributed by atoms with Crippen LogP contribution in [-0.2, 0) is 4.79 Å². The van der Waals surface area contributed by atoms with E-state index in [-0.39, 0.29) is 18.5 Å². The van der Waals surface area contributed by atoms with Gasteiger partial charge in [0.25, 0.3) is 0 Å². The van der Waals surface area contributed by atoms with Crippen molar-refractivity contribution in [3.63, 3.8) is 0 Å². The molecule has 0 bridgehead atoms. The van der Waals surface area contributed by atoms with Crippen molar-refractivity contribution >= 4 is 12.0 Å². The van der Waals surface area contributed by atoms with Crippen LogP contribution in [0.3, 0.4) is 0 Å². The molecule has 2 N–H and O–H groups in total. The molecule has 1 atom stereocenters. The first kappa shape index (κ1) is 16.1. The van der Waals surface area contributed by atoms with Crippen molar-refractivity contribution in [3.8, 4) is 0 Å². The van der Waals surface area contributed by atoms with Crippen LogP contribution >= 0.6 is 0 Å². The Morgan fingerprint density at radius 1 is 1.24 bits per heavy atom. The predicted octanol–water partition coefficient (Wildman–Crippen LogP) is 1.37. The van der Waals surface area contributed by atoms with E-state index in [1.165, 1.54) is 19.4 Å². The average Bonchev–Trinajstić information content (AvgIpc) is 3.23. The van der Waals surface area contributed by atoms with E-state index in [2.05, 4.69) is 10.2 Å². The second-order valence-electron chi connectivity index (χ2n) is 6.37. The molecule has 6 heteroatoms. The molecule has 2 fully saturated rings. The maximum absolute atomic E-state index is 12.1. The van der Waals surface area contributed by atoms with Crippen LogP contribution in [0.5, 0.6) is 0 Å². The van der Waals surface area contributed by atoms with E-state index in [1.54, 1.807) is 0 Å². The lowest BCUT2D eigenvalue weighted by Crippen LogP contribution is -2.53. The summed E-state index contributed by atoms with van der Waals surface area (Å²) in [6.45, 7) is 6.65. The number of hydrogen-bond donors (Lipinski definition) is 2. The van der Waals surface area contributed by atoms with E-state index in [0.29, 0.717) is 12.8 Å². The zero-order valence-corrected chi connectivity index (χ0v) is 12.9. The second kappa shape index (κ2) is 7.64. The van der Waals surface area contributed by atoms with E-state index in [9.17, 15) is 9.59 Å². The fourth-order valence-electron chi connectivity index (χ4n) is 2.73. The summed E-state index contributed by atoms with van der Waals surface area (Å²) >= 11 is 0. The molecule has 6 nitrogen and oxygen atoms in total. The minimum absolute atomic E-state index is 0.0103. The van der Waals surface area contributed by atoms with Gasteiger partial charge in [-0.15, -0.1) is 0 Å². The van der Waals surface area contributed by atoms with E-state index < -0.39 is 5.97 Å². The van der Waals surface area contributed by atoms with Gasteiger partial charge in [-0.2, -0.15) is 0 Å². The van der Waals surface area contributed by atoms with Gasteiger partial charge in [0, 0.05) is 45.2 Å². The summed E-state index contributed by atoms with van der Waals surface area (Å²) in [6, 6.07) is 0.0187. The number of carbonyl (C=O) groups is 2. The SMILES string of the molecule is CC(CCCC(=O)O)NC(=O)N1CCN(CC2CC2)CC1. The number of urea groups is 1. The van der Waals surface area contributed by atoms with Crippen molar-refractivity contribution in [1.29, 1.82) is 0 Å². The highest BCUT2D eigenvalue weighted by molar-refractivity contribution is 5.74. The fourth-order valence-corrected chi connectivity index (χ4v) is 2.73. The standard InChI is InChI=1S/C15H27N3O3/c1-12(3-2-4-14(19)20)16-15(21)18-9-7-17(8-10-18)11-13-5-6-13/h12-13H,2-11H2,1H3,(H,16,21)(H,19,20). The first-order chi connectivity index (χ1) is 10.0. The summed E-state index contributed by atoms with van der Waals surface area (Å²) in [6.07, 6.45) is 4.22. The van der Waals surface area contributed by atoms with E-state index in [4.69, 9.17) is 5.11 Å². The van der Waals surface area contributed by atoms with Gasteiger partial charge in [0.2, 0.25) is 0 Å². The lowest BCUT2D eigenvalue weighted by Gasteiger charge is -2.35. The molecular weight excluding hydrogens is 270 g/mol. The third-order valence-corrected chi connectivity index (χ3v) is 4.27. The van der Waals surface area contributed by atoms with Crippen molar-refractivity contribution in [3.05, 3.63) is 0 Å². The molecule has 0 spiro atoms. The Hall–Kier alpha value is -1.30. The zero-order valence-electron chi connectivity index (χ0n) is 12.9. The van der Waals surface area contributed by atoms with Crippen LogP contribution in [0.2, 0.25) is 0 Å². The first-order valence-electron chi connectivity index (χ1n) is 8.04. The minimum atomic E-state index is -0.777. The molecule has 1 saturated heterocycles. The highest BCUT2D eigenvalue weighted by Gasteiger charge is 2.27. The van der Waals surface area contributed by atoms with Crippen LogP contribution in [0.25, 0.3) is 0 Å². The van der Waals surface area contributed by atoms with E-state index >= 15 is 0 Å². The Morgan fingerprint density at radius 2 is 1.90 bits per heavy atom. The number of nitrogens with one attached hydrogen (secondary N) is 1. The molecule has 0 aromatic rings. The molecule has 2 amide bonds. The first-order valence-corrected chi connectivity index (χ1v) is 8.04.